The average Bonchev–Trinajstić information content (AvgIpc) is 3.81. The van der Waals surface area contributed by atoms with Crippen LogP contribution in [-0.2, 0) is 16.0 Å². The van der Waals surface area contributed by atoms with Crippen molar-refractivity contribution in [2.24, 2.45) is 0 Å². The standard InChI is InChI=1S/C33H37N5O7/c1-22-16-26(45-35-22)19-30(39)38-20-25-18-27(38)31(40)34-12-5-6-13-36(32(41)24-10-11-28-29(17-24)44-21-43-28)14-7-15-37(25)33(42)23-8-3-2-4-9-23/h2-4,8-11,16-17,25,27H,5-7,12-15,18-21H2,1H3,(H,34,40)/t25-,27-/m0/s1. The van der Waals surface area contributed by atoms with Gasteiger partial charge in [0.15, 0.2) is 11.5 Å². The lowest BCUT2D eigenvalue weighted by molar-refractivity contribution is -0.138. The molecule has 3 aliphatic heterocycles. The van der Waals surface area contributed by atoms with E-state index in [1.165, 1.54) is 0 Å². The first kappa shape index (κ1) is 30.2. The summed E-state index contributed by atoms with van der Waals surface area (Å²) in [5, 5.41) is 6.87. The molecule has 2 saturated heterocycles. The quantitative estimate of drug-likeness (QED) is 0.474. The van der Waals surface area contributed by atoms with Crippen molar-refractivity contribution in [1.29, 1.82) is 0 Å². The molecular formula is C33H37N5O7. The summed E-state index contributed by atoms with van der Waals surface area (Å²) in [5.41, 5.74) is 1.69. The van der Waals surface area contributed by atoms with Crippen LogP contribution in [0.5, 0.6) is 11.5 Å². The van der Waals surface area contributed by atoms with Crippen molar-refractivity contribution in [3.05, 3.63) is 77.2 Å². The van der Waals surface area contributed by atoms with E-state index in [4.69, 9.17) is 14.0 Å². The van der Waals surface area contributed by atoms with Crippen LogP contribution >= 0.6 is 0 Å². The molecule has 4 heterocycles. The lowest BCUT2D eigenvalue weighted by Crippen LogP contribution is -2.46. The number of hydrogen-bond acceptors (Lipinski definition) is 8. The highest BCUT2D eigenvalue weighted by atomic mass is 16.7. The number of carbonyl (C=O) groups excluding carboxylic acids is 4. The lowest BCUT2D eigenvalue weighted by Gasteiger charge is -2.31. The Balaban J connectivity index is 1.24. The second-order valence-electron chi connectivity index (χ2n) is 11.6. The van der Waals surface area contributed by atoms with Gasteiger partial charge in [-0.2, -0.15) is 0 Å². The number of ether oxygens (including phenoxy) is 2. The largest absolute Gasteiger partial charge is 0.454 e. The first-order chi connectivity index (χ1) is 21.9. The minimum absolute atomic E-state index is 0.0269. The molecule has 1 N–H and O–H groups in total. The van der Waals surface area contributed by atoms with E-state index >= 15 is 0 Å². The highest BCUT2D eigenvalue weighted by Gasteiger charge is 2.43. The summed E-state index contributed by atoms with van der Waals surface area (Å²) in [4.78, 5) is 59.7. The number of carbonyl (C=O) groups is 4. The van der Waals surface area contributed by atoms with Crippen molar-refractivity contribution in [3.63, 3.8) is 0 Å². The van der Waals surface area contributed by atoms with Crippen LogP contribution in [0.3, 0.4) is 0 Å². The third kappa shape index (κ3) is 6.79. The maximum absolute atomic E-state index is 13.9. The van der Waals surface area contributed by atoms with E-state index in [9.17, 15) is 19.2 Å². The predicted octanol–water partition coefficient (Wildman–Crippen LogP) is 2.81. The molecule has 0 radical (unpaired) electrons. The number of hydrogen-bond donors (Lipinski definition) is 1. The molecular weight excluding hydrogens is 578 g/mol. The van der Waals surface area contributed by atoms with Crippen molar-refractivity contribution in [3.8, 4) is 11.5 Å². The second kappa shape index (κ2) is 13.4. The molecule has 0 aliphatic carbocycles. The fourth-order valence-electron chi connectivity index (χ4n) is 6.23. The number of rotatable bonds is 4. The zero-order valence-electron chi connectivity index (χ0n) is 25.3. The molecule has 1 aromatic heterocycles. The van der Waals surface area contributed by atoms with E-state index < -0.39 is 12.1 Å². The summed E-state index contributed by atoms with van der Waals surface area (Å²) in [6.07, 6.45) is 2.14. The number of aryl methyl sites for hydroxylation is 1. The van der Waals surface area contributed by atoms with Gasteiger partial charge in [0.2, 0.25) is 18.6 Å². The summed E-state index contributed by atoms with van der Waals surface area (Å²) in [6, 6.07) is 14.8. The molecule has 236 valence electrons. The van der Waals surface area contributed by atoms with Gasteiger partial charge in [0.05, 0.1) is 18.2 Å². The van der Waals surface area contributed by atoms with E-state index in [1.54, 1.807) is 58.0 Å². The molecule has 3 aliphatic rings. The molecule has 6 rings (SSSR count). The van der Waals surface area contributed by atoms with Crippen molar-refractivity contribution < 1.29 is 33.2 Å². The number of nitrogens with one attached hydrogen (secondary N) is 1. The van der Waals surface area contributed by atoms with E-state index in [1.807, 2.05) is 18.2 Å². The summed E-state index contributed by atoms with van der Waals surface area (Å²) < 4.78 is 16.2. The maximum Gasteiger partial charge on any atom is 0.254 e. The summed E-state index contributed by atoms with van der Waals surface area (Å²) in [7, 11) is 0. The summed E-state index contributed by atoms with van der Waals surface area (Å²) in [5.74, 6) is 0.750. The molecule has 0 saturated carbocycles. The Labute approximate surface area is 261 Å². The minimum atomic E-state index is -0.718. The monoisotopic (exact) mass is 615 g/mol. The normalized spacial score (nSPS) is 20.5. The van der Waals surface area contributed by atoms with Crippen LogP contribution in [0.15, 0.2) is 59.1 Å². The van der Waals surface area contributed by atoms with Gasteiger partial charge in [0.1, 0.15) is 11.8 Å². The Morgan fingerprint density at radius 3 is 2.49 bits per heavy atom. The molecule has 2 fully saturated rings. The fourth-order valence-corrected chi connectivity index (χ4v) is 6.23. The molecule has 0 spiro atoms. The van der Waals surface area contributed by atoms with Crippen LogP contribution in [0.25, 0.3) is 0 Å². The smallest absolute Gasteiger partial charge is 0.254 e. The predicted molar refractivity (Wildman–Crippen MR) is 162 cm³/mol. The Morgan fingerprint density at radius 2 is 1.69 bits per heavy atom. The highest BCUT2D eigenvalue weighted by Crippen LogP contribution is 2.33. The van der Waals surface area contributed by atoms with Crippen LogP contribution < -0.4 is 14.8 Å². The molecule has 12 heteroatoms. The number of nitrogens with zero attached hydrogens (tertiary/aromatic N) is 4. The van der Waals surface area contributed by atoms with Gasteiger partial charge in [0, 0.05) is 49.9 Å². The summed E-state index contributed by atoms with van der Waals surface area (Å²) in [6.45, 7) is 3.79. The van der Waals surface area contributed by atoms with Crippen molar-refractivity contribution in [1.82, 2.24) is 25.2 Å². The molecule has 45 heavy (non-hydrogen) atoms. The molecule has 2 atom stereocenters. The van der Waals surface area contributed by atoms with E-state index in [-0.39, 0.29) is 43.4 Å². The van der Waals surface area contributed by atoms with Crippen LogP contribution in [0, 0.1) is 6.92 Å². The second-order valence-corrected chi connectivity index (χ2v) is 11.6. The Bertz CT molecular complexity index is 1560. The van der Waals surface area contributed by atoms with Crippen LogP contribution in [0.1, 0.15) is 57.9 Å². The number of aromatic nitrogens is 1. The fraction of sp³-hybridized carbons (Fsp3) is 0.424. The Hall–Kier alpha value is -4.87. The van der Waals surface area contributed by atoms with Crippen LogP contribution in [-0.4, -0.2) is 95.1 Å². The average molecular weight is 616 g/mol. The lowest BCUT2D eigenvalue weighted by atomic mass is 10.1. The van der Waals surface area contributed by atoms with Crippen molar-refractivity contribution in [2.45, 2.75) is 51.1 Å². The third-order valence-corrected chi connectivity index (χ3v) is 8.51. The van der Waals surface area contributed by atoms with Gasteiger partial charge < -0.3 is 34.0 Å². The van der Waals surface area contributed by atoms with Gasteiger partial charge in [-0.25, -0.2) is 0 Å². The van der Waals surface area contributed by atoms with Gasteiger partial charge in [-0.3, -0.25) is 19.2 Å². The van der Waals surface area contributed by atoms with Crippen LogP contribution in [0.4, 0.5) is 0 Å². The molecule has 12 nitrogen and oxygen atoms in total. The Morgan fingerprint density at radius 1 is 0.889 bits per heavy atom. The van der Waals surface area contributed by atoms with Gasteiger partial charge >= 0.3 is 0 Å². The Kier molecular flexibility index (Phi) is 8.99. The highest BCUT2D eigenvalue weighted by molar-refractivity contribution is 5.96. The van der Waals surface area contributed by atoms with Gasteiger partial charge in [-0.1, -0.05) is 23.4 Å². The van der Waals surface area contributed by atoms with Crippen molar-refractivity contribution >= 4 is 23.6 Å². The first-order valence-electron chi connectivity index (χ1n) is 15.4. The van der Waals surface area contributed by atoms with Crippen molar-refractivity contribution in [2.75, 3.05) is 39.5 Å². The summed E-state index contributed by atoms with van der Waals surface area (Å²) >= 11 is 0. The first-order valence-corrected chi connectivity index (χ1v) is 15.4. The minimum Gasteiger partial charge on any atom is -0.454 e. The number of likely N-dealkylation sites (tertiary alicyclic amines) is 1. The van der Waals surface area contributed by atoms with Gasteiger partial charge in [-0.15, -0.1) is 0 Å². The molecule has 0 unspecified atom stereocenters. The SMILES string of the molecule is Cc1cc(CC(=O)N2C[C@@H]3C[C@H]2C(=O)NCCCCN(C(=O)c2ccc4c(c2)OCO4)CCCN3C(=O)c2ccccc2)on1. The van der Waals surface area contributed by atoms with E-state index in [0.29, 0.717) is 85.9 Å². The zero-order chi connectivity index (χ0) is 31.3. The van der Waals surface area contributed by atoms with Gasteiger partial charge in [0.25, 0.3) is 11.8 Å². The number of benzene rings is 2. The van der Waals surface area contributed by atoms with Crippen LogP contribution in [0.2, 0.25) is 0 Å². The van der Waals surface area contributed by atoms with E-state index in [0.717, 1.165) is 0 Å². The van der Waals surface area contributed by atoms with Gasteiger partial charge in [-0.05, 0) is 62.9 Å². The molecule has 2 bridgehead atoms. The zero-order valence-corrected chi connectivity index (χ0v) is 25.3. The number of fused-ring (bicyclic) bond motifs is 3. The third-order valence-electron chi connectivity index (χ3n) is 8.51. The molecule has 3 aromatic rings. The maximum atomic E-state index is 13.9. The molecule has 2 aromatic carbocycles. The number of amides is 4. The topological polar surface area (TPSA) is 135 Å². The molecule has 4 amide bonds. The van der Waals surface area contributed by atoms with E-state index in [2.05, 4.69) is 10.5 Å².